The van der Waals surface area contributed by atoms with E-state index in [2.05, 4.69) is 53.5 Å². The van der Waals surface area contributed by atoms with E-state index in [0.717, 1.165) is 6.42 Å². The summed E-state index contributed by atoms with van der Waals surface area (Å²) in [4.78, 5) is 4.12. The second-order valence-electron chi connectivity index (χ2n) is 6.45. The van der Waals surface area contributed by atoms with Crippen molar-refractivity contribution < 1.29 is 0 Å². The molecule has 0 bridgehead atoms. The standard InChI is InChI=1S/C21H17N/c1-2-15-6-7-19-16(12-14-8-10-22-11-9-14)4-5-18-13-17(3-1)20(15)21(18)19/h1-2,4-11,17H,3,12-13H2. The van der Waals surface area contributed by atoms with Crippen LogP contribution in [0.3, 0.4) is 0 Å². The van der Waals surface area contributed by atoms with Crippen molar-refractivity contribution in [1.29, 1.82) is 0 Å². The van der Waals surface area contributed by atoms with Gasteiger partial charge in [-0.05, 0) is 75.9 Å². The quantitative estimate of drug-likeness (QED) is 0.653. The Balaban J connectivity index is 1.73. The summed E-state index contributed by atoms with van der Waals surface area (Å²) in [7, 11) is 0. The molecule has 3 aromatic rings. The third-order valence-corrected chi connectivity index (χ3v) is 5.17. The summed E-state index contributed by atoms with van der Waals surface area (Å²) >= 11 is 0. The van der Waals surface area contributed by atoms with Gasteiger partial charge in [-0.3, -0.25) is 4.98 Å². The van der Waals surface area contributed by atoms with Crippen LogP contribution in [0.5, 0.6) is 0 Å². The van der Waals surface area contributed by atoms with E-state index < -0.39 is 0 Å². The van der Waals surface area contributed by atoms with Gasteiger partial charge in [-0.15, -0.1) is 0 Å². The van der Waals surface area contributed by atoms with Crippen LogP contribution < -0.4 is 0 Å². The highest BCUT2D eigenvalue weighted by molar-refractivity contribution is 5.97. The summed E-state index contributed by atoms with van der Waals surface area (Å²) in [6.07, 6.45) is 11.8. The zero-order valence-corrected chi connectivity index (χ0v) is 12.4. The van der Waals surface area contributed by atoms with Crippen LogP contribution in [0.1, 0.15) is 40.2 Å². The van der Waals surface area contributed by atoms with Crippen LogP contribution in [0.25, 0.3) is 16.8 Å². The number of benzene rings is 2. The van der Waals surface area contributed by atoms with Crippen molar-refractivity contribution in [3.05, 3.63) is 82.7 Å². The highest BCUT2D eigenvalue weighted by Crippen LogP contribution is 2.45. The molecule has 0 spiro atoms. The number of aromatic nitrogens is 1. The summed E-state index contributed by atoms with van der Waals surface area (Å²) in [5, 5.41) is 2.99. The van der Waals surface area contributed by atoms with Crippen molar-refractivity contribution in [2.45, 2.75) is 25.2 Å². The molecular weight excluding hydrogens is 266 g/mol. The van der Waals surface area contributed by atoms with Crippen molar-refractivity contribution in [3.63, 3.8) is 0 Å². The van der Waals surface area contributed by atoms with Gasteiger partial charge < -0.3 is 0 Å². The Kier molecular flexibility index (Phi) is 2.51. The van der Waals surface area contributed by atoms with Crippen molar-refractivity contribution in [2.24, 2.45) is 0 Å². The predicted molar refractivity (Wildman–Crippen MR) is 91.1 cm³/mol. The summed E-state index contributed by atoms with van der Waals surface area (Å²) in [5.74, 6) is 0.704. The lowest BCUT2D eigenvalue weighted by Crippen LogP contribution is -2.00. The van der Waals surface area contributed by atoms with Gasteiger partial charge in [-0.1, -0.05) is 36.4 Å². The van der Waals surface area contributed by atoms with E-state index in [4.69, 9.17) is 0 Å². The number of nitrogens with zero attached hydrogens (tertiary/aromatic N) is 1. The minimum absolute atomic E-state index is 0.704. The molecule has 106 valence electrons. The Morgan fingerprint density at radius 3 is 2.82 bits per heavy atom. The van der Waals surface area contributed by atoms with Gasteiger partial charge in [0.25, 0.3) is 0 Å². The van der Waals surface area contributed by atoms with Crippen LogP contribution in [-0.2, 0) is 12.8 Å². The second kappa shape index (κ2) is 4.54. The minimum Gasteiger partial charge on any atom is -0.265 e. The summed E-state index contributed by atoms with van der Waals surface area (Å²) < 4.78 is 0. The maximum Gasteiger partial charge on any atom is 0.0270 e. The fourth-order valence-electron chi connectivity index (χ4n) is 4.18. The molecule has 0 amide bonds. The van der Waals surface area contributed by atoms with Crippen molar-refractivity contribution in [2.75, 3.05) is 0 Å². The summed E-state index contributed by atoms with van der Waals surface area (Å²) in [6, 6.07) is 13.6. The zero-order valence-electron chi connectivity index (χ0n) is 12.4. The summed E-state index contributed by atoms with van der Waals surface area (Å²) in [5.41, 5.74) is 7.34. The Morgan fingerprint density at radius 2 is 1.91 bits per heavy atom. The monoisotopic (exact) mass is 283 g/mol. The number of allylic oxidation sites excluding steroid dienone is 1. The molecule has 2 aromatic carbocycles. The Morgan fingerprint density at radius 1 is 1.00 bits per heavy atom. The third kappa shape index (κ3) is 1.69. The molecule has 1 unspecified atom stereocenters. The first-order chi connectivity index (χ1) is 10.9. The maximum atomic E-state index is 4.12. The molecule has 1 aromatic heterocycles. The molecule has 5 rings (SSSR count). The van der Waals surface area contributed by atoms with Crippen LogP contribution in [-0.4, -0.2) is 4.98 Å². The van der Waals surface area contributed by atoms with E-state index in [0.29, 0.717) is 5.92 Å². The minimum atomic E-state index is 0.704. The van der Waals surface area contributed by atoms with Crippen LogP contribution in [0, 0.1) is 0 Å². The van der Waals surface area contributed by atoms with Gasteiger partial charge in [0.05, 0.1) is 0 Å². The molecule has 0 N–H and O–H groups in total. The number of hydrogen-bond acceptors (Lipinski definition) is 1. The Hall–Kier alpha value is -2.41. The number of rotatable bonds is 2. The predicted octanol–water partition coefficient (Wildman–Crippen LogP) is 4.88. The lowest BCUT2D eigenvalue weighted by atomic mass is 9.87. The molecule has 0 aliphatic heterocycles. The van der Waals surface area contributed by atoms with Crippen LogP contribution in [0.2, 0.25) is 0 Å². The SMILES string of the molecule is C1=Cc2ccc3c(Cc4ccncc4)ccc4c3c2C(C1)C4. The Labute approximate surface area is 130 Å². The van der Waals surface area contributed by atoms with Crippen molar-refractivity contribution >= 4 is 16.8 Å². The average Bonchev–Trinajstić information content (AvgIpc) is 2.95. The summed E-state index contributed by atoms with van der Waals surface area (Å²) in [6.45, 7) is 0. The topological polar surface area (TPSA) is 12.9 Å². The van der Waals surface area contributed by atoms with Crippen LogP contribution >= 0.6 is 0 Å². The fraction of sp³-hybridized carbons (Fsp3) is 0.190. The van der Waals surface area contributed by atoms with E-state index in [9.17, 15) is 0 Å². The fourth-order valence-corrected chi connectivity index (χ4v) is 4.18. The van der Waals surface area contributed by atoms with Gasteiger partial charge in [0, 0.05) is 12.4 Å². The third-order valence-electron chi connectivity index (χ3n) is 5.17. The van der Waals surface area contributed by atoms with E-state index in [1.165, 1.54) is 34.9 Å². The highest BCUT2D eigenvalue weighted by Gasteiger charge is 2.28. The molecule has 2 aliphatic rings. The van der Waals surface area contributed by atoms with Crippen molar-refractivity contribution in [3.8, 4) is 0 Å². The molecule has 2 aliphatic carbocycles. The average molecular weight is 283 g/mol. The van der Waals surface area contributed by atoms with Gasteiger partial charge in [-0.25, -0.2) is 0 Å². The smallest absolute Gasteiger partial charge is 0.0270 e. The van der Waals surface area contributed by atoms with Crippen LogP contribution in [0.15, 0.2) is 54.9 Å². The number of pyridine rings is 1. The van der Waals surface area contributed by atoms with E-state index >= 15 is 0 Å². The first kappa shape index (κ1) is 12.2. The van der Waals surface area contributed by atoms with Gasteiger partial charge in [-0.2, -0.15) is 0 Å². The van der Waals surface area contributed by atoms with Gasteiger partial charge in [0.1, 0.15) is 0 Å². The van der Waals surface area contributed by atoms with Gasteiger partial charge in [0.2, 0.25) is 0 Å². The molecule has 1 heteroatoms. The molecule has 1 atom stereocenters. The normalized spacial score (nSPS) is 18.1. The first-order valence-corrected chi connectivity index (χ1v) is 8.03. The molecule has 0 saturated carbocycles. The maximum absolute atomic E-state index is 4.12. The number of hydrogen-bond donors (Lipinski definition) is 0. The largest absolute Gasteiger partial charge is 0.265 e. The molecule has 1 nitrogen and oxygen atoms in total. The first-order valence-electron chi connectivity index (χ1n) is 8.03. The van der Waals surface area contributed by atoms with E-state index in [1.807, 2.05) is 12.4 Å². The molecule has 0 radical (unpaired) electrons. The lowest BCUT2D eigenvalue weighted by Gasteiger charge is -2.17. The zero-order chi connectivity index (χ0) is 14.5. The lowest BCUT2D eigenvalue weighted by molar-refractivity contribution is 0.720. The highest BCUT2D eigenvalue weighted by atomic mass is 14.6. The van der Waals surface area contributed by atoms with E-state index in [-0.39, 0.29) is 0 Å². The van der Waals surface area contributed by atoms with Gasteiger partial charge >= 0.3 is 0 Å². The molecule has 22 heavy (non-hydrogen) atoms. The molecule has 0 saturated heterocycles. The van der Waals surface area contributed by atoms with Crippen molar-refractivity contribution in [1.82, 2.24) is 4.98 Å². The second-order valence-corrected chi connectivity index (χ2v) is 6.45. The molecule has 0 fully saturated rings. The van der Waals surface area contributed by atoms with E-state index in [1.54, 1.807) is 16.5 Å². The van der Waals surface area contributed by atoms with Crippen LogP contribution in [0.4, 0.5) is 0 Å². The van der Waals surface area contributed by atoms with Gasteiger partial charge in [0.15, 0.2) is 0 Å². The molecular formula is C21H17N. The Bertz CT molecular complexity index is 906. The molecule has 1 heterocycles.